The number of nitrogens with zero attached hydrogens (tertiary/aromatic N) is 3. The number of ether oxygens (including phenoxy) is 1. The van der Waals surface area contributed by atoms with Gasteiger partial charge >= 0.3 is 6.18 Å². The largest absolute Gasteiger partial charge is 0.504 e. The van der Waals surface area contributed by atoms with Gasteiger partial charge in [-0.15, -0.1) is 0 Å². The Hall–Kier alpha value is -6.38. The minimum absolute atomic E-state index is 0.0766. The summed E-state index contributed by atoms with van der Waals surface area (Å²) in [5.74, 6) is -8.09. The Morgan fingerprint density at radius 2 is 1.56 bits per heavy atom. The van der Waals surface area contributed by atoms with Crippen molar-refractivity contribution >= 4 is 69.7 Å². The Labute approximate surface area is 356 Å². The van der Waals surface area contributed by atoms with Crippen LogP contribution in [0.15, 0.2) is 121 Å². The smallest absolute Gasteiger partial charge is 0.417 e. The van der Waals surface area contributed by atoms with Gasteiger partial charge in [0.2, 0.25) is 11.8 Å². The molecule has 0 unspecified atom stereocenters. The molecule has 4 aliphatic rings. The second kappa shape index (κ2) is 15.0. The number of phenols is 1. The van der Waals surface area contributed by atoms with Crippen molar-refractivity contribution < 1.29 is 42.2 Å². The number of benzene rings is 4. The van der Waals surface area contributed by atoms with E-state index in [0.717, 1.165) is 11.4 Å². The zero-order chi connectivity index (χ0) is 43.0. The third-order valence-electron chi connectivity index (χ3n) is 12.3. The Morgan fingerprint density at radius 1 is 0.852 bits per heavy atom. The molecule has 0 radical (unpaired) electrons. The Bertz CT molecular complexity index is 2650. The number of fused-ring (bicyclic) bond motifs is 4. The number of amides is 4. The number of aromatic hydroxyl groups is 1. The topological polar surface area (TPSA) is 141 Å². The minimum Gasteiger partial charge on any atom is -0.504 e. The molecule has 1 aromatic heterocycles. The standard InChI is InChI=1S/C45H34Cl2F3N5O6/c1-61-35-9-5-8-31(38(35)56)37-29-18-19-30-36(42(59)54(40(30)57)28-16-14-27(15-17-28)52-26-6-3-2-4-7-26)32(29)21-33-41(58)55(43(60)44(33,37)23-10-12-25(46)13-11-23)53-39-34(47)20-24(22-51-39)45(48,49)50/h2-18,20,22,30,32-33,36-37,52,56H,19,21H2,1H3,(H,51,53)/t30-,32+,33-,36-,37+,44+/m0/s1. The average Bonchev–Trinajstić information content (AvgIpc) is 3.62. The van der Waals surface area contributed by atoms with Crippen molar-refractivity contribution in [2.45, 2.75) is 30.4 Å². The van der Waals surface area contributed by atoms with Crippen molar-refractivity contribution in [1.82, 2.24) is 9.99 Å². The third kappa shape index (κ3) is 6.38. The highest BCUT2D eigenvalue weighted by molar-refractivity contribution is 6.33. The van der Waals surface area contributed by atoms with E-state index in [2.05, 4.69) is 15.7 Å². The zero-order valence-electron chi connectivity index (χ0n) is 32.0. The van der Waals surface area contributed by atoms with Crippen LogP contribution in [-0.2, 0) is 30.8 Å². The number of methoxy groups -OCH3 is 1. The van der Waals surface area contributed by atoms with Crippen LogP contribution in [-0.4, -0.2) is 45.8 Å². The summed E-state index contributed by atoms with van der Waals surface area (Å²) in [6.45, 7) is 0. The molecule has 6 atom stereocenters. The lowest BCUT2D eigenvalue weighted by Crippen LogP contribution is -2.53. The fourth-order valence-electron chi connectivity index (χ4n) is 9.70. The van der Waals surface area contributed by atoms with Crippen molar-refractivity contribution in [1.29, 1.82) is 0 Å². The number of anilines is 4. The van der Waals surface area contributed by atoms with Crippen LogP contribution in [0.4, 0.5) is 36.1 Å². The fourth-order valence-corrected chi connectivity index (χ4v) is 10.0. The summed E-state index contributed by atoms with van der Waals surface area (Å²) < 4.78 is 46.2. The highest BCUT2D eigenvalue weighted by atomic mass is 35.5. The maximum Gasteiger partial charge on any atom is 0.417 e. The van der Waals surface area contributed by atoms with E-state index in [1.165, 1.54) is 18.1 Å². The van der Waals surface area contributed by atoms with E-state index in [1.54, 1.807) is 60.7 Å². The molecule has 3 N–H and O–H groups in total. The Kier molecular flexibility index (Phi) is 9.82. The summed E-state index contributed by atoms with van der Waals surface area (Å²) in [6.07, 6.45) is -2.40. The molecule has 2 aliphatic heterocycles. The van der Waals surface area contributed by atoms with Crippen molar-refractivity contribution in [3.63, 3.8) is 0 Å². The monoisotopic (exact) mass is 867 g/mol. The van der Waals surface area contributed by atoms with Crippen LogP contribution in [0.3, 0.4) is 0 Å². The van der Waals surface area contributed by atoms with Crippen LogP contribution in [0.5, 0.6) is 11.5 Å². The van der Waals surface area contributed by atoms with Crippen LogP contribution in [0.1, 0.15) is 35.4 Å². The Balaban J connectivity index is 1.16. The molecule has 9 rings (SSSR count). The lowest BCUT2D eigenvalue weighted by molar-refractivity contribution is -0.139. The number of aromatic nitrogens is 1. The van der Waals surface area contributed by atoms with Crippen molar-refractivity contribution in [3.8, 4) is 11.5 Å². The van der Waals surface area contributed by atoms with E-state index in [4.69, 9.17) is 27.9 Å². The van der Waals surface area contributed by atoms with Gasteiger partial charge in [-0.05, 0) is 85.0 Å². The van der Waals surface area contributed by atoms with E-state index < -0.39 is 81.2 Å². The lowest BCUT2D eigenvalue weighted by atomic mass is 9.49. The highest BCUT2D eigenvalue weighted by Crippen LogP contribution is 2.65. The highest BCUT2D eigenvalue weighted by Gasteiger charge is 2.71. The van der Waals surface area contributed by atoms with E-state index in [1.807, 2.05) is 36.4 Å². The van der Waals surface area contributed by atoms with Crippen LogP contribution < -0.4 is 20.4 Å². The molecule has 1 saturated carbocycles. The molecular weight excluding hydrogens is 834 g/mol. The van der Waals surface area contributed by atoms with Crippen molar-refractivity contribution in [2.24, 2.45) is 23.7 Å². The van der Waals surface area contributed by atoms with Gasteiger partial charge < -0.3 is 15.2 Å². The summed E-state index contributed by atoms with van der Waals surface area (Å²) in [4.78, 5) is 64.4. The predicted molar refractivity (Wildman–Crippen MR) is 220 cm³/mol. The van der Waals surface area contributed by atoms with Gasteiger partial charge in [-0.3, -0.25) is 29.5 Å². The second-order valence-corrected chi connectivity index (χ2v) is 16.2. The summed E-state index contributed by atoms with van der Waals surface area (Å²) in [5.41, 5.74) is 2.66. The van der Waals surface area contributed by atoms with Crippen molar-refractivity contribution in [2.75, 3.05) is 22.8 Å². The maximum atomic E-state index is 15.4. The number of pyridine rings is 1. The van der Waals surface area contributed by atoms with Crippen LogP contribution >= 0.6 is 23.2 Å². The van der Waals surface area contributed by atoms with Crippen molar-refractivity contribution in [3.05, 3.63) is 148 Å². The van der Waals surface area contributed by atoms with Gasteiger partial charge in [0.1, 0.15) is 0 Å². The summed E-state index contributed by atoms with van der Waals surface area (Å²) in [6, 6.07) is 28.1. The SMILES string of the molecule is COc1cccc([C@H]2C3=CC[C@@H]4C(=O)N(c5ccc(Nc6ccccc6)cc5)C(=O)[C@@H]4[C@@H]3C[C@H]3C(=O)N(Nc4ncc(C(F)(F)F)cc4Cl)C(=O)[C@@]23c2ccc(Cl)cc2)c1O. The van der Waals surface area contributed by atoms with E-state index >= 15 is 4.79 Å². The molecule has 5 aromatic rings. The average molecular weight is 869 g/mol. The number of halogens is 5. The lowest BCUT2D eigenvalue weighted by Gasteiger charge is -2.50. The van der Waals surface area contributed by atoms with Gasteiger partial charge in [0.05, 0.1) is 46.6 Å². The van der Waals surface area contributed by atoms with Crippen LogP contribution in [0.25, 0.3) is 0 Å². The van der Waals surface area contributed by atoms with E-state index in [-0.39, 0.29) is 29.9 Å². The van der Waals surface area contributed by atoms with Gasteiger partial charge in [-0.25, -0.2) is 4.98 Å². The van der Waals surface area contributed by atoms with Gasteiger partial charge in [0.15, 0.2) is 17.3 Å². The van der Waals surface area contributed by atoms with Gasteiger partial charge in [0, 0.05) is 34.1 Å². The number of hydrazine groups is 1. The number of hydrogen-bond acceptors (Lipinski definition) is 9. The molecule has 11 nitrogen and oxygen atoms in total. The molecule has 2 saturated heterocycles. The molecule has 4 aromatic carbocycles. The molecule has 310 valence electrons. The first-order valence-corrected chi connectivity index (χ1v) is 20.0. The van der Waals surface area contributed by atoms with E-state index in [9.17, 15) is 32.7 Å². The molecule has 2 aliphatic carbocycles. The number of phenolic OH excluding ortho intramolecular Hbond substituents is 1. The zero-order valence-corrected chi connectivity index (χ0v) is 33.5. The predicted octanol–water partition coefficient (Wildman–Crippen LogP) is 9.05. The number of hydrogen-bond donors (Lipinski definition) is 3. The second-order valence-electron chi connectivity index (χ2n) is 15.4. The van der Waals surface area contributed by atoms with Gasteiger partial charge in [-0.1, -0.05) is 77.3 Å². The third-order valence-corrected chi connectivity index (χ3v) is 12.8. The molecule has 3 fully saturated rings. The number of carbonyl (C=O) groups is 4. The number of rotatable bonds is 8. The molecule has 0 bridgehead atoms. The number of para-hydroxylation sites is 2. The Morgan fingerprint density at radius 3 is 2.23 bits per heavy atom. The first-order valence-electron chi connectivity index (χ1n) is 19.2. The van der Waals surface area contributed by atoms with E-state index in [0.29, 0.717) is 39.1 Å². The first kappa shape index (κ1) is 40.0. The molecule has 3 heterocycles. The number of allylic oxidation sites excluding steroid dienone is 2. The minimum atomic E-state index is -4.77. The van der Waals surface area contributed by atoms with Crippen LogP contribution in [0, 0.1) is 23.7 Å². The number of nitrogens with one attached hydrogen (secondary N) is 2. The first-order chi connectivity index (χ1) is 29.2. The summed E-state index contributed by atoms with van der Waals surface area (Å²) >= 11 is 12.6. The molecule has 0 spiro atoms. The number of imide groups is 2. The normalized spacial score (nSPS) is 24.6. The molecule has 16 heteroatoms. The summed E-state index contributed by atoms with van der Waals surface area (Å²) in [7, 11) is 1.36. The van der Waals surface area contributed by atoms with Gasteiger partial charge in [0.25, 0.3) is 11.8 Å². The van der Waals surface area contributed by atoms with Crippen LogP contribution in [0.2, 0.25) is 10.0 Å². The molecule has 4 amide bonds. The maximum absolute atomic E-state index is 15.4. The summed E-state index contributed by atoms with van der Waals surface area (Å²) in [5, 5.41) is 15.7. The number of alkyl halides is 3. The molecule has 61 heavy (non-hydrogen) atoms. The number of carbonyl (C=O) groups excluding carboxylic acids is 4. The van der Waals surface area contributed by atoms with Gasteiger partial charge in [-0.2, -0.15) is 18.2 Å². The quantitative estimate of drug-likeness (QED) is 0.103. The fraction of sp³-hybridized carbons (Fsp3) is 0.222. The molecular formula is C45H34Cl2F3N5O6.